The van der Waals surface area contributed by atoms with E-state index in [2.05, 4.69) is 10.2 Å². The van der Waals surface area contributed by atoms with Crippen LogP contribution in [0.25, 0.3) is 0 Å². The van der Waals surface area contributed by atoms with Gasteiger partial charge in [-0.05, 0) is 45.7 Å². The summed E-state index contributed by atoms with van der Waals surface area (Å²) in [7, 11) is 0. The monoisotopic (exact) mass is 377 g/mol. The standard InChI is InChI=1S/C20H31N3O4/c1-2-27-20(26)15-7-12-23(13-8-15)17-16(18(24)19(17)25)21-9-14-22-10-5-3-4-6-11-22/h15,21H,2-14H2,1H3. The van der Waals surface area contributed by atoms with Crippen molar-refractivity contribution in [1.82, 2.24) is 4.90 Å². The highest BCUT2D eigenvalue weighted by atomic mass is 16.5. The molecule has 1 aromatic carbocycles. The van der Waals surface area contributed by atoms with Gasteiger partial charge in [0.25, 0.3) is 10.9 Å². The zero-order chi connectivity index (χ0) is 19.2. The number of nitrogens with one attached hydrogen (secondary N) is 1. The summed E-state index contributed by atoms with van der Waals surface area (Å²) in [5.41, 5.74) is 0.165. The predicted octanol–water partition coefficient (Wildman–Crippen LogP) is 1.35. The summed E-state index contributed by atoms with van der Waals surface area (Å²) in [6.45, 7) is 7.20. The molecule has 0 bridgehead atoms. The largest absolute Gasteiger partial charge is 0.466 e. The molecule has 2 aliphatic rings. The van der Waals surface area contributed by atoms with Gasteiger partial charge in [-0.15, -0.1) is 0 Å². The number of esters is 1. The summed E-state index contributed by atoms with van der Waals surface area (Å²) >= 11 is 0. The van der Waals surface area contributed by atoms with Gasteiger partial charge in [0.15, 0.2) is 0 Å². The molecule has 7 nitrogen and oxygen atoms in total. The van der Waals surface area contributed by atoms with Crippen LogP contribution in [0, 0.1) is 5.92 Å². The lowest BCUT2D eigenvalue weighted by molar-refractivity contribution is -0.148. The maximum atomic E-state index is 12.1. The van der Waals surface area contributed by atoms with E-state index in [0.717, 1.165) is 19.6 Å². The van der Waals surface area contributed by atoms with Crippen LogP contribution in [0.1, 0.15) is 45.4 Å². The first-order valence-corrected chi connectivity index (χ1v) is 10.3. The Morgan fingerprint density at radius 2 is 1.70 bits per heavy atom. The molecule has 2 aliphatic heterocycles. The molecule has 2 saturated heterocycles. The van der Waals surface area contributed by atoms with Crippen LogP contribution >= 0.6 is 0 Å². The second-order valence-corrected chi connectivity index (χ2v) is 7.58. The van der Waals surface area contributed by atoms with Crippen LogP contribution in [0.5, 0.6) is 0 Å². The van der Waals surface area contributed by atoms with Gasteiger partial charge in [0, 0.05) is 26.2 Å². The highest BCUT2D eigenvalue weighted by molar-refractivity contribution is 5.76. The Labute approximate surface area is 160 Å². The summed E-state index contributed by atoms with van der Waals surface area (Å²) < 4.78 is 5.09. The molecule has 1 N–H and O–H groups in total. The molecule has 150 valence electrons. The Hall–Kier alpha value is -1.89. The van der Waals surface area contributed by atoms with Gasteiger partial charge in [-0.25, -0.2) is 0 Å². The number of anilines is 2. The van der Waals surface area contributed by atoms with Crippen LogP contribution in [0.3, 0.4) is 0 Å². The molecule has 0 radical (unpaired) electrons. The fraction of sp³-hybridized carbons (Fsp3) is 0.750. The molecule has 0 spiro atoms. The first-order chi connectivity index (χ1) is 13.1. The molecule has 0 atom stereocenters. The first-order valence-electron chi connectivity index (χ1n) is 10.3. The van der Waals surface area contributed by atoms with Crippen LogP contribution < -0.4 is 21.1 Å². The maximum absolute atomic E-state index is 12.1. The number of piperidine rings is 1. The van der Waals surface area contributed by atoms with Gasteiger partial charge in [-0.3, -0.25) is 14.4 Å². The lowest BCUT2D eigenvalue weighted by Crippen LogP contribution is -2.47. The van der Waals surface area contributed by atoms with Crippen LogP contribution in [0.4, 0.5) is 11.4 Å². The van der Waals surface area contributed by atoms with Crippen LogP contribution in [0.15, 0.2) is 9.59 Å². The summed E-state index contributed by atoms with van der Waals surface area (Å²) in [5, 5.41) is 3.20. The van der Waals surface area contributed by atoms with E-state index < -0.39 is 10.9 Å². The van der Waals surface area contributed by atoms with E-state index in [4.69, 9.17) is 4.74 Å². The molecule has 7 heteroatoms. The van der Waals surface area contributed by atoms with Crippen LogP contribution in [-0.4, -0.2) is 56.7 Å². The summed E-state index contributed by atoms with van der Waals surface area (Å²) in [5.74, 6) is -0.259. The molecular formula is C20H31N3O4. The van der Waals surface area contributed by atoms with Gasteiger partial charge < -0.3 is 19.9 Å². The first kappa shape index (κ1) is 19.9. The van der Waals surface area contributed by atoms with E-state index in [1.807, 2.05) is 4.90 Å². The van der Waals surface area contributed by atoms with E-state index in [1.54, 1.807) is 6.92 Å². The van der Waals surface area contributed by atoms with Crippen molar-refractivity contribution >= 4 is 17.3 Å². The number of ether oxygens (including phenoxy) is 1. The zero-order valence-electron chi connectivity index (χ0n) is 16.3. The number of likely N-dealkylation sites (tertiary alicyclic amines) is 1. The van der Waals surface area contributed by atoms with Crippen LogP contribution in [0.2, 0.25) is 0 Å². The van der Waals surface area contributed by atoms with Crippen molar-refractivity contribution in [2.24, 2.45) is 5.92 Å². The fourth-order valence-electron chi connectivity index (χ4n) is 4.14. The molecule has 0 saturated carbocycles. The Balaban J connectivity index is 1.52. The molecule has 0 amide bonds. The van der Waals surface area contributed by atoms with Gasteiger partial charge in [0.2, 0.25) is 0 Å². The van der Waals surface area contributed by atoms with E-state index in [0.29, 0.717) is 50.5 Å². The summed E-state index contributed by atoms with van der Waals surface area (Å²) in [6, 6.07) is 0. The van der Waals surface area contributed by atoms with Gasteiger partial charge in [0.1, 0.15) is 11.4 Å². The van der Waals surface area contributed by atoms with Crippen molar-refractivity contribution in [2.45, 2.75) is 45.4 Å². The van der Waals surface area contributed by atoms with Gasteiger partial charge >= 0.3 is 5.97 Å². The number of carbonyl (C=O) groups is 1. The third-order valence-corrected chi connectivity index (χ3v) is 5.74. The summed E-state index contributed by atoms with van der Waals surface area (Å²) in [4.78, 5) is 40.4. The Kier molecular flexibility index (Phi) is 6.88. The van der Waals surface area contributed by atoms with Crippen molar-refractivity contribution < 1.29 is 9.53 Å². The van der Waals surface area contributed by atoms with Crippen molar-refractivity contribution in [2.75, 3.05) is 56.1 Å². The Bertz CT molecular complexity index is 694. The third-order valence-electron chi connectivity index (χ3n) is 5.74. The quantitative estimate of drug-likeness (QED) is 0.568. The van der Waals surface area contributed by atoms with E-state index >= 15 is 0 Å². The molecule has 0 unspecified atom stereocenters. The smallest absolute Gasteiger partial charge is 0.309 e. The normalized spacial score (nSPS) is 19.8. The molecule has 2 heterocycles. The van der Waals surface area contributed by atoms with Crippen LogP contribution in [-0.2, 0) is 9.53 Å². The number of hydrogen-bond donors (Lipinski definition) is 1. The maximum Gasteiger partial charge on any atom is 0.309 e. The molecule has 0 aliphatic carbocycles. The van der Waals surface area contributed by atoms with E-state index in [-0.39, 0.29) is 11.9 Å². The lowest BCUT2D eigenvalue weighted by atomic mass is 9.96. The highest BCUT2D eigenvalue weighted by Gasteiger charge is 2.31. The van der Waals surface area contributed by atoms with Crippen molar-refractivity contribution in [1.29, 1.82) is 0 Å². The molecular weight excluding hydrogens is 346 g/mol. The SMILES string of the molecule is CCOC(=O)C1CCN(c2c(NCCN3CCCCCC3)c(=O)c2=O)CC1. The number of nitrogens with zero attached hydrogens (tertiary/aromatic N) is 2. The van der Waals surface area contributed by atoms with Gasteiger partial charge in [0.05, 0.1) is 12.5 Å². The minimum atomic E-state index is -0.409. The second kappa shape index (κ2) is 9.35. The van der Waals surface area contributed by atoms with Crippen molar-refractivity contribution in [3.05, 3.63) is 20.4 Å². The minimum absolute atomic E-state index is 0.105. The topological polar surface area (TPSA) is 79.0 Å². The molecule has 0 aromatic heterocycles. The fourth-order valence-corrected chi connectivity index (χ4v) is 4.14. The Morgan fingerprint density at radius 3 is 2.33 bits per heavy atom. The highest BCUT2D eigenvalue weighted by Crippen LogP contribution is 2.27. The average molecular weight is 377 g/mol. The number of carbonyl (C=O) groups excluding carboxylic acids is 1. The number of rotatable bonds is 7. The predicted molar refractivity (Wildman–Crippen MR) is 106 cm³/mol. The summed E-state index contributed by atoms with van der Waals surface area (Å²) in [6.07, 6.45) is 6.39. The van der Waals surface area contributed by atoms with Gasteiger partial charge in [-0.1, -0.05) is 12.8 Å². The number of hydrogen-bond acceptors (Lipinski definition) is 7. The third kappa shape index (κ3) is 4.69. The molecule has 3 rings (SSSR count). The minimum Gasteiger partial charge on any atom is -0.466 e. The van der Waals surface area contributed by atoms with E-state index in [1.165, 1.54) is 25.7 Å². The van der Waals surface area contributed by atoms with Gasteiger partial charge in [-0.2, -0.15) is 0 Å². The lowest BCUT2D eigenvalue weighted by Gasteiger charge is -2.34. The van der Waals surface area contributed by atoms with Crippen molar-refractivity contribution in [3.63, 3.8) is 0 Å². The van der Waals surface area contributed by atoms with Crippen molar-refractivity contribution in [3.8, 4) is 0 Å². The Morgan fingerprint density at radius 1 is 1.04 bits per heavy atom. The van der Waals surface area contributed by atoms with E-state index in [9.17, 15) is 14.4 Å². The average Bonchev–Trinajstić information content (AvgIpc) is 2.96. The second-order valence-electron chi connectivity index (χ2n) is 7.58. The molecule has 27 heavy (non-hydrogen) atoms. The molecule has 2 fully saturated rings. The zero-order valence-corrected chi connectivity index (χ0v) is 16.3. The molecule has 1 aromatic rings.